The van der Waals surface area contributed by atoms with Crippen LogP contribution in [0.2, 0.25) is 0 Å². The van der Waals surface area contributed by atoms with Gasteiger partial charge in [-0.15, -0.1) is 0 Å². The first-order valence-electron chi connectivity index (χ1n) is 6.67. The van der Waals surface area contributed by atoms with Gasteiger partial charge in [0, 0.05) is 32.5 Å². The van der Waals surface area contributed by atoms with Crippen LogP contribution in [0, 0.1) is 0 Å². The van der Waals surface area contributed by atoms with Gasteiger partial charge < -0.3 is 15.4 Å². The van der Waals surface area contributed by atoms with E-state index < -0.39 is 9.84 Å². The number of sulfone groups is 1. The first kappa shape index (κ1) is 16.2. The Kier molecular flexibility index (Phi) is 6.57. The average Bonchev–Trinajstić information content (AvgIpc) is 2.84. The normalized spacial score (nSPS) is 22.3. The number of hydrogen-bond donors (Lipinski definition) is 2. The molecule has 0 amide bonds. The zero-order valence-electron chi connectivity index (χ0n) is 12.0. The molecule has 0 aromatic rings. The maximum Gasteiger partial charge on any atom is 0.191 e. The molecule has 1 saturated heterocycles. The Morgan fingerprint density at radius 2 is 2.26 bits per heavy atom. The van der Waals surface area contributed by atoms with Crippen molar-refractivity contribution >= 4 is 15.8 Å². The Hall–Kier alpha value is -0.820. The highest BCUT2D eigenvalue weighted by Gasteiger charge is 2.16. The van der Waals surface area contributed by atoms with Crippen LogP contribution in [0.4, 0.5) is 0 Å². The van der Waals surface area contributed by atoms with Crippen molar-refractivity contribution in [2.75, 3.05) is 32.2 Å². The maximum absolute atomic E-state index is 11.1. The lowest BCUT2D eigenvalue weighted by atomic mass is 10.2. The van der Waals surface area contributed by atoms with Crippen LogP contribution in [0.1, 0.15) is 26.2 Å². The minimum absolute atomic E-state index is 0.0606. The molecule has 1 aliphatic rings. The molecule has 2 unspecified atom stereocenters. The van der Waals surface area contributed by atoms with Gasteiger partial charge in [0.25, 0.3) is 0 Å². The number of ether oxygens (including phenoxy) is 1. The van der Waals surface area contributed by atoms with E-state index in [1.54, 1.807) is 7.05 Å². The molecule has 0 saturated carbocycles. The molecule has 1 heterocycles. The largest absolute Gasteiger partial charge is 0.376 e. The highest BCUT2D eigenvalue weighted by Crippen LogP contribution is 2.10. The first-order chi connectivity index (χ1) is 8.90. The zero-order valence-corrected chi connectivity index (χ0v) is 12.8. The molecule has 1 aliphatic heterocycles. The standard InChI is InChI=1S/C12H25N3O3S/c1-10(6-8-19(3,16)17)15-12(13-2)14-9-11-5-4-7-18-11/h10-11H,4-9H2,1-3H3,(H2,13,14,15). The van der Waals surface area contributed by atoms with Gasteiger partial charge >= 0.3 is 0 Å². The molecule has 19 heavy (non-hydrogen) atoms. The minimum Gasteiger partial charge on any atom is -0.376 e. The highest BCUT2D eigenvalue weighted by atomic mass is 32.2. The van der Waals surface area contributed by atoms with Crippen molar-refractivity contribution in [1.29, 1.82) is 0 Å². The van der Waals surface area contributed by atoms with Crippen LogP contribution in [0.15, 0.2) is 4.99 Å². The molecule has 2 atom stereocenters. The van der Waals surface area contributed by atoms with E-state index in [1.165, 1.54) is 6.26 Å². The Bertz CT molecular complexity index is 389. The van der Waals surface area contributed by atoms with Crippen molar-refractivity contribution in [2.45, 2.75) is 38.3 Å². The van der Waals surface area contributed by atoms with Crippen LogP contribution in [0.3, 0.4) is 0 Å². The number of hydrogen-bond acceptors (Lipinski definition) is 4. The van der Waals surface area contributed by atoms with Gasteiger partial charge in [0.2, 0.25) is 0 Å². The summed E-state index contributed by atoms with van der Waals surface area (Å²) in [7, 11) is -1.20. The third kappa shape index (κ3) is 7.37. The second-order valence-electron chi connectivity index (χ2n) is 5.05. The predicted octanol–water partition coefficient (Wildman–Crippen LogP) is 0.154. The van der Waals surface area contributed by atoms with E-state index in [9.17, 15) is 8.42 Å². The predicted molar refractivity (Wildman–Crippen MR) is 77.3 cm³/mol. The van der Waals surface area contributed by atoms with Gasteiger partial charge in [0.1, 0.15) is 9.84 Å². The number of aliphatic imine (C=N–C) groups is 1. The molecule has 0 aromatic heterocycles. The van der Waals surface area contributed by atoms with Crippen LogP contribution in [-0.4, -0.2) is 58.7 Å². The lowest BCUT2D eigenvalue weighted by Crippen LogP contribution is -2.45. The monoisotopic (exact) mass is 291 g/mol. The molecule has 112 valence electrons. The number of rotatable bonds is 6. The zero-order chi connectivity index (χ0) is 14.3. The minimum atomic E-state index is -2.91. The Morgan fingerprint density at radius 3 is 2.79 bits per heavy atom. The summed E-state index contributed by atoms with van der Waals surface area (Å²) in [5.74, 6) is 0.876. The van der Waals surface area contributed by atoms with E-state index in [1.807, 2.05) is 6.92 Å². The lowest BCUT2D eigenvalue weighted by Gasteiger charge is -2.19. The SMILES string of the molecule is CN=C(NCC1CCCO1)NC(C)CCS(C)(=O)=O. The molecule has 1 rings (SSSR count). The van der Waals surface area contributed by atoms with E-state index in [2.05, 4.69) is 15.6 Å². The van der Waals surface area contributed by atoms with Gasteiger partial charge in [-0.25, -0.2) is 8.42 Å². The number of guanidine groups is 1. The van der Waals surface area contributed by atoms with Crippen molar-refractivity contribution in [1.82, 2.24) is 10.6 Å². The summed E-state index contributed by atoms with van der Waals surface area (Å²) in [6.45, 7) is 3.52. The second kappa shape index (κ2) is 7.69. The molecule has 6 nitrogen and oxygen atoms in total. The van der Waals surface area contributed by atoms with Crippen LogP contribution in [-0.2, 0) is 14.6 Å². The lowest BCUT2D eigenvalue weighted by molar-refractivity contribution is 0.113. The van der Waals surface area contributed by atoms with Gasteiger partial charge in [-0.3, -0.25) is 4.99 Å². The van der Waals surface area contributed by atoms with E-state index in [4.69, 9.17) is 4.74 Å². The summed E-state index contributed by atoms with van der Waals surface area (Å²) in [6.07, 6.45) is 4.27. The fraction of sp³-hybridized carbons (Fsp3) is 0.917. The van der Waals surface area contributed by atoms with E-state index >= 15 is 0 Å². The molecule has 1 fully saturated rings. The molecule has 0 aliphatic carbocycles. The van der Waals surface area contributed by atoms with E-state index in [0.717, 1.165) is 26.0 Å². The van der Waals surface area contributed by atoms with Gasteiger partial charge in [-0.05, 0) is 26.2 Å². The molecule has 2 N–H and O–H groups in total. The summed E-state index contributed by atoms with van der Waals surface area (Å²) in [4.78, 5) is 4.12. The van der Waals surface area contributed by atoms with Crippen molar-refractivity contribution < 1.29 is 13.2 Å². The first-order valence-corrected chi connectivity index (χ1v) is 8.73. The van der Waals surface area contributed by atoms with Gasteiger partial charge in [-0.1, -0.05) is 0 Å². The molecule has 0 radical (unpaired) electrons. The molecular formula is C12H25N3O3S. The smallest absolute Gasteiger partial charge is 0.191 e. The maximum atomic E-state index is 11.1. The van der Waals surface area contributed by atoms with Crippen LogP contribution in [0.5, 0.6) is 0 Å². The Balaban J connectivity index is 2.27. The van der Waals surface area contributed by atoms with Crippen molar-refractivity contribution in [3.8, 4) is 0 Å². The fourth-order valence-corrected chi connectivity index (χ4v) is 2.69. The van der Waals surface area contributed by atoms with Gasteiger partial charge in [-0.2, -0.15) is 0 Å². The van der Waals surface area contributed by atoms with Crippen molar-refractivity contribution in [2.24, 2.45) is 4.99 Å². The average molecular weight is 291 g/mol. The second-order valence-corrected chi connectivity index (χ2v) is 7.31. The van der Waals surface area contributed by atoms with Gasteiger partial charge in [0.15, 0.2) is 5.96 Å². The summed E-state index contributed by atoms with van der Waals surface area (Å²) >= 11 is 0. The number of nitrogens with zero attached hydrogens (tertiary/aromatic N) is 1. The summed E-state index contributed by atoms with van der Waals surface area (Å²) in [5, 5.41) is 6.39. The van der Waals surface area contributed by atoms with Crippen molar-refractivity contribution in [3.05, 3.63) is 0 Å². The van der Waals surface area contributed by atoms with Crippen LogP contribution in [0.25, 0.3) is 0 Å². The molecule has 0 aromatic carbocycles. The number of nitrogens with one attached hydrogen (secondary N) is 2. The Morgan fingerprint density at radius 1 is 1.53 bits per heavy atom. The molecule has 0 bridgehead atoms. The summed E-state index contributed by atoms with van der Waals surface area (Å²) in [5.41, 5.74) is 0. The van der Waals surface area contributed by atoms with E-state index in [-0.39, 0.29) is 17.9 Å². The molecule has 7 heteroatoms. The fourth-order valence-electron chi connectivity index (χ4n) is 1.91. The summed E-state index contributed by atoms with van der Waals surface area (Å²) in [6, 6.07) is 0.0606. The molecular weight excluding hydrogens is 266 g/mol. The van der Waals surface area contributed by atoms with E-state index in [0.29, 0.717) is 12.4 Å². The van der Waals surface area contributed by atoms with Crippen LogP contribution < -0.4 is 10.6 Å². The Labute approximate surface area is 115 Å². The third-order valence-corrected chi connectivity index (χ3v) is 4.03. The van der Waals surface area contributed by atoms with Crippen LogP contribution >= 0.6 is 0 Å². The molecule has 0 spiro atoms. The van der Waals surface area contributed by atoms with Gasteiger partial charge in [0.05, 0.1) is 11.9 Å². The highest BCUT2D eigenvalue weighted by molar-refractivity contribution is 7.90. The quantitative estimate of drug-likeness (QED) is 0.538. The third-order valence-electron chi connectivity index (χ3n) is 3.05. The van der Waals surface area contributed by atoms with Crippen molar-refractivity contribution in [3.63, 3.8) is 0 Å². The topological polar surface area (TPSA) is 79.8 Å². The summed E-state index contributed by atoms with van der Waals surface area (Å²) < 4.78 is 27.7.